The number of nitrogens with one attached hydrogen (secondary N) is 2. The first-order chi connectivity index (χ1) is 8.13. The van der Waals surface area contributed by atoms with Crippen molar-refractivity contribution in [3.8, 4) is 0 Å². The number of nitrogens with two attached hydrogens (primary N) is 1. The number of carbonyl (C=O) groups excluding carboxylic acids is 2. The summed E-state index contributed by atoms with van der Waals surface area (Å²) in [5.74, 6) is -0.266. The Morgan fingerprint density at radius 3 is 2.33 bits per heavy atom. The number of hydrogen-bond donors (Lipinski definition) is 3. The average Bonchev–Trinajstić information content (AvgIpc) is 2.29. The minimum Gasteiger partial charge on any atom is -0.352 e. The Morgan fingerprint density at radius 1 is 1.22 bits per heavy atom. The fourth-order valence-corrected chi connectivity index (χ4v) is 1.31. The van der Waals surface area contributed by atoms with E-state index < -0.39 is 0 Å². The van der Waals surface area contributed by atoms with Gasteiger partial charge >= 0.3 is 0 Å². The molecule has 0 heterocycles. The van der Waals surface area contributed by atoms with E-state index in [0.29, 0.717) is 24.3 Å². The second kappa shape index (κ2) is 8.49. The molecule has 4 N–H and O–H groups in total. The summed E-state index contributed by atoms with van der Waals surface area (Å²) in [6.07, 6.45) is 0.760. The summed E-state index contributed by atoms with van der Waals surface area (Å²) in [6, 6.07) is 6.73. The van der Waals surface area contributed by atoms with Gasteiger partial charge in [0.25, 0.3) is 5.91 Å². The summed E-state index contributed by atoms with van der Waals surface area (Å²) in [7, 11) is 0. The van der Waals surface area contributed by atoms with Crippen molar-refractivity contribution in [3.05, 3.63) is 29.8 Å². The summed E-state index contributed by atoms with van der Waals surface area (Å²) >= 11 is 0. The van der Waals surface area contributed by atoms with Crippen LogP contribution >= 0.6 is 12.4 Å². The number of halogens is 1. The van der Waals surface area contributed by atoms with Gasteiger partial charge in [0, 0.05) is 24.7 Å². The summed E-state index contributed by atoms with van der Waals surface area (Å²) in [5, 5.41) is 5.39. The molecule has 0 unspecified atom stereocenters. The normalized spacial score (nSPS) is 9.22. The molecule has 0 aliphatic rings. The van der Waals surface area contributed by atoms with Crippen LogP contribution in [0.2, 0.25) is 0 Å². The second-order valence-electron chi connectivity index (χ2n) is 3.66. The molecule has 5 nitrogen and oxygen atoms in total. The third kappa shape index (κ3) is 5.65. The van der Waals surface area contributed by atoms with Crippen molar-refractivity contribution in [3.63, 3.8) is 0 Å². The van der Waals surface area contributed by atoms with E-state index in [4.69, 9.17) is 5.73 Å². The topological polar surface area (TPSA) is 84.2 Å². The summed E-state index contributed by atoms with van der Waals surface area (Å²) in [4.78, 5) is 22.4. The van der Waals surface area contributed by atoms with Gasteiger partial charge in [0.05, 0.1) is 0 Å². The Morgan fingerprint density at radius 2 is 1.83 bits per heavy atom. The quantitative estimate of drug-likeness (QED) is 0.702. The molecule has 0 aromatic heterocycles. The predicted octanol–water partition coefficient (Wildman–Crippen LogP) is 1.15. The van der Waals surface area contributed by atoms with Crippen LogP contribution in [0.25, 0.3) is 0 Å². The maximum Gasteiger partial charge on any atom is 0.251 e. The number of amides is 2. The molecule has 0 bridgehead atoms. The molecular weight excluding hydrogens is 254 g/mol. The highest BCUT2D eigenvalue weighted by Crippen LogP contribution is 2.09. The Hall–Kier alpha value is -1.59. The van der Waals surface area contributed by atoms with Crippen molar-refractivity contribution in [1.82, 2.24) is 5.32 Å². The van der Waals surface area contributed by atoms with Crippen LogP contribution in [0, 0.1) is 0 Å². The molecule has 18 heavy (non-hydrogen) atoms. The average molecular weight is 272 g/mol. The standard InChI is InChI=1S/C12H17N3O2.ClH/c1-9(16)15-11-5-3-10(4-6-11)12(17)14-8-2-7-13;/h3-6H,2,7-8,13H2,1H3,(H,14,17)(H,15,16);1H. The maximum atomic E-state index is 11.6. The first-order valence-corrected chi connectivity index (χ1v) is 5.49. The molecule has 1 aromatic rings. The Bertz CT molecular complexity index is 393. The monoisotopic (exact) mass is 271 g/mol. The minimum absolute atomic E-state index is 0. The van der Waals surface area contributed by atoms with Gasteiger partial charge in [-0.25, -0.2) is 0 Å². The van der Waals surface area contributed by atoms with Crippen molar-refractivity contribution < 1.29 is 9.59 Å². The van der Waals surface area contributed by atoms with Crippen LogP contribution in [0.3, 0.4) is 0 Å². The molecule has 1 rings (SSSR count). The molecule has 0 aliphatic heterocycles. The van der Waals surface area contributed by atoms with Crippen LogP contribution in [0.1, 0.15) is 23.7 Å². The highest BCUT2D eigenvalue weighted by atomic mass is 35.5. The molecule has 6 heteroatoms. The lowest BCUT2D eigenvalue weighted by molar-refractivity contribution is -0.114. The molecule has 0 spiro atoms. The van der Waals surface area contributed by atoms with E-state index in [0.717, 1.165) is 6.42 Å². The van der Waals surface area contributed by atoms with E-state index in [2.05, 4.69) is 10.6 Å². The van der Waals surface area contributed by atoms with Crippen molar-refractivity contribution in [2.45, 2.75) is 13.3 Å². The smallest absolute Gasteiger partial charge is 0.251 e. The molecule has 0 aliphatic carbocycles. The van der Waals surface area contributed by atoms with Gasteiger partial charge < -0.3 is 16.4 Å². The van der Waals surface area contributed by atoms with Crippen molar-refractivity contribution >= 4 is 29.9 Å². The molecule has 0 saturated heterocycles. The van der Waals surface area contributed by atoms with Crippen molar-refractivity contribution in [2.24, 2.45) is 5.73 Å². The van der Waals surface area contributed by atoms with E-state index in [1.807, 2.05) is 0 Å². The lowest BCUT2D eigenvalue weighted by Crippen LogP contribution is -2.25. The predicted molar refractivity (Wildman–Crippen MR) is 74.0 cm³/mol. The van der Waals surface area contributed by atoms with Crippen molar-refractivity contribution in [1.29, 1.82) is 0 Å². The third-order valence-corrected chi connectivity index (χ3v) is 2.13. The van der Waals surface area contributed by atoms with Gasteiger partial charge in [0.15, 0.2) is 0 Å². The van der Waals surface area contributed by atoms with Gasteiger partial charge in [-0.05, 0) is 37.2 Å². The number of rotatable bonds is 5. The van der Waals surface area contributed by atoms with Gasteiger partial charge in [-0.1, -0.05) is 0 Å². The largest absolute Gasteiger partial charge is 0.352 e. The Kier molecular flexibility index (Phi) is 7.74. The van der Waals surface area contributed by atoms with Crippen molar-refractivity contribution in [2.75, 3.05) is 18.4 Å². The van der Waals surface area contributed by atoms with Crippen LogP contribution in [0.5, 0.6) is 0 Å². The number of benzene rings is 1. The molecule has 2 amide bonds. The fourth-order valence-electron chi connectivity index (χ4n) is 1.31. The van der Waals surface area contributed by atoms with Gasteiger partial charge in [0.1, 0.15) is 0 Å². The number of carbonyl (C=O) groups is 2. The molecular formula is C12H18ClN3O2. The first kappa shape index (κ1) is 16.4. The van der Waals surface area contributed by atoms with Gasteiger partial charge in [-0.2, -0.15) is 0 Å². The molecule has 0 atom stereocenters. The minimum atomic E-state index is -0.134. The number of hydrogen-bond acceptors (Lipinski definition) is 3. The van der Waals surface area contributed by atoms with Gasteiger partial charge in [-0.15, -0.1) is 12.4 Å². The number of anilines is 1. The zero-order valence-electron chi connectivity index (χ0n) is 10.2. The fraction of sp³-hybridized carbons (Fsp3) is 0.333. The Labute approximate surface area is 113 Å². The zero-order valence-corrected chi connectivity index (χ0v) is 11.0. The van der Waals surface area contributed by atoms with Crippen LogP contribution in [0.4, 0.5) is 5.69 Å². The Balaban J connectivity index is 0.00000289. The summed E-state index contributed by atoms with van der Waals surface area (Å²) in [6.45, 7) is 2.57. The third-order valence-electron chi connectivity index (χ3n) is 2.13. The van der Waals surface area contributed by atoms with E-state index in [-0.39, 0.29) is 24.2 Å². The van der Waals surface area contributed by atoms with E-state index >= 15 is 0 Å². The molecule has 100 valence electrons. The highest BCUT2D eigenvalue weighted by Gasteiger charge is 2.04. The van der Waals surface area contributed by atoms with E-state index in [1.54, 1.807) is 24.3 Å². The van der Waals surface area contributed by atoms with Gasteiger partial charge in [-0.3, -0.25) is 9.59 Å². The second-order valence-corrected chi connectivity index (χ2v) is 3.66. The molecule has 0 saturated carbocycles. The first-order valence-electron chi connectivity index (χ1n) is 5.49. The summed E-state index contributed by atoms with van der Waals surface area (Å²) in [5.41, 5.74) is 6.57. The lowest BCUT2D eigenvalue weighted by Gasteiger charge is -2.05. The zero-order chi connectivity index (χ0) is 12.7. The van der Waals surface area contributed by atoms with Crippen LogP contribution in [0.15, 0.2) is 24.3 Å². The summed E-state index contributed by atoms with van der Waals surface area (Å²) < 4.78 is 0. The highest BCUT2D eigenvalue weighted by molar-refractivity contribution is 5.95. The lowest BCUT2D eigenvalue weighted by atomic mass is 10.2. The maximum absolute atomic E-state index is 11.6. The van der Waals surface area contributed by atoms with E-state index in [9.17, 15) is 9.59 Å². The van der Waals surface area contributed by atoms with Crippen LogP contribution in [-0.4, -0.2) is 24.9 Å². The van der Waals surface area contributed by atoms with Crippen LogP contribution < -0.4 is 16.4 Å². The SMILES string of the molecule is CC(=O)Nc1ccc(C(=O)NCCCN)cc1.Cl. The van der Waals surface area contributed by atoms with Crippen LogP contribution in [-0.2, 0) is 4.79 Å². The molecule has 0 radical (unpaired) electrons. The molecule has 1 aromatic carbocycles. The van der Waals surface area contributed by atoms with Gasteiger partial charge in [0.2, 0.25) is 5.91 Å². The molecule has 0 fully saturated rings. The van der Waals surface area contributed by atoms with E-state index in [1.165, 1.54) is 6.92 Å².